The van der Waals surface area contributed by atoms with E-state index in [0.717, 1.165) is 0 Å². The minimum Gasteiger partial charge on any atom is -0.264 e. The van der Waals surface area contributed by atoms with Gasteiger partial charge in [0.2, 0.25) is 0 Å². The van der Waals surface area contributed by atoms with Crippen molar-refractivity contribution in [3.05, 3.63) is 0 Å². The fraction of sp³-hybridized carbons (Fsp3) is 1.00. The number of alkyl halides is 1. The normalized spacial score (nSPS) is 31.8. The third kappa shape index (κ3) is 3.46. The van der Waals surface area contributed by atoms with Gasteiger partial charge in [0.15, 0.2) is 0 Å². The molecule has 0 aromatic heterocycles. The molecule has 72 valence electrons. The van der Waals surface area contributed by atoms with Gasteiger partial charge in [-0.1, -0.05) is 0 Å². The van der Waals surface area contributed by atoms with Gasteiger partial charge in [0.1, 0.15) is 6.17 Å². The zero-order chi connectivity index (χ0) is 9.19. The molecule has 6 heteroatoms. The Bertz CT molecular complexity index is 230. The lowest BCUT2D eigenvalue weighted by Crippen LogP contribution is -2.24. The molecule has 4 nitrogen and oxygen atoms in total. The topological polar surface area (TPSA) is 63.6 Å². The van der Waals surface area contributed by atoms with Gasteiger partial charge in [-0.05, 0) is 25.7 Å². The summed E-state index contributed by atoms with van der Waals surface area (Å²) in [6.45, 7) is 0. The van der Waals surface area contributed by atoms with Gasteiger partial charge in [0.25, 0.3) is 0 Å². The molecule has 0 heterocycles. The first-order valence-corrected chi connectivity index (χ1v) is 5.13. The van der Waals surface area contributed by atoms with E-state index in [1.165, 1.54) is 0 Å². The zero-order valence-electron chi connectivity index (χ0n) is 6.44. The van der Waals surface area contributed by atoms with E-state index in [-0.39, 0.29) is 0 Å². The largest absolute Gasteiger partial charge is 0.397 e. The predicted molar refractivity (Wildman–Crippen MR) is 39.8 cm³/mol. The van der Waals surface area contributed by atoms with Gasteiger partial charge >= 0.3 is 10.4 Å². The molecule has 0 spiro atoms. The van der Waals surface area contributed by atoms with Crippen LogP contribution >= 0.6 is 0 Å². The highest BCUT2D eigenvalue weighted by molar-refractivity contribution is 7.80. The van der Waals surface area contributed by atoms with Crippen molar-refractivity contribution in [2.24, 2.45) is 0 Å². The molecule has 1 saturated carbocycles. The Balaban J connectivity index is 2.36. The van der Waals surface area contributed by atoms with E-state index in [2.05, 4.69) is 4.18 Å². The van der Waals surface area contributed by atoms with Crippen molar-refractivity contribution in [1.82, 2.24) is 0 Å². The van der Waals surface area contributed by atoms with Crippen LogP contribution < -0.4 is 0 Å². The number of hydrogen-bond donors (Lipinski definition) is 1. The van der Waals surface area contributed by atoms with E-state index in [0.29, 0.717) is 25.7 Å². The van der Waals surface area contributed by atoms with Crippen LogP contribution in [0.25, 0.3) is 0 Å². The van der Waals surface area contributed by atoms with E-state index < -0.39 is 22.7 Å². The maximum absolute atomic E-state index is 12.5. The molecule has 0 saturated heterocycles. The van der Waals surface area contributed by atoms with Crippen LogP contribution in [0.15, 0.2) is 0 Å². The van der Waals surface area contributed by atoms with Gasteiger partial charge in [-0.15, -0.1) is 0 Å². The highest BCUT2D eigenvalue weighted by atomic mass is 32.3. The molecule has 1 fully saturated rings. The molecule has 0 aromatic carbocycles. The van der Waals surface area contributed by atoms with E-state index in [9.17, 15) is 12.8 Å². The van der Waals surface area contributed by atoms with Crippen LogP contribution in [0, 0.1) is 0 Å². The van der Waals surface area contributed by atoms with Gasteiger partial charge in [0, 0.05) is 0 Å². The monoisotopic (exact) mass is 198 g/mol. The van der Waals surface area contributed by atoms with Crippen LogP contribution in [-0.4, -0.2) is 25.2 Å². The Kier molecular flexibility index (Phi) is 3.03. The maximum atomic E-state index is 12.5. The Morgan fingerprint density at radius 1 is 1.25 bits per heavy atom. The third-order valence-corrected chi connectivity index (χ3v) is 2.38. The van der Waals surface area contributed by atoms with Gasteiger partial charge in [-0.25, -0.2) is 8.57 Å². The lowest BCUT2D eigenvalue weighted by Gasteiger charge is -2.22. The lowest BCUT2D eigenvalue weighted by atomic mass is 9.96. The second-order valence-electron chi connectivity index (χ2n) is 2.90. The molecular weight excluding hydrogens is 187 g/mol. The second-order valence-corrected chi connectivity index (χ2v) is 3.95. The van der Waals surface area contributed by atoms with Crippen molar-refractivity contribution in [3.8, 4) is 0 Å². The summed E-state index contributed by atoms with van der Waals surface area (Å²) in [7, 11) is -4.36. The summed E-state index contributed by atoms with van der Waals surface area (Å²) < 4.78 is 45.5. The maximum Gasteiger partial charge on any atom is 0.397 e. The fourth-order valence-electron chi connectivity index (χ4n) is 1.29. The SMILES string of the molecule is O=S(=O)(O)OC1CCC(F)CC1. The molecule has 0 aromatic rings. The molecule has 0 bridgehead atoms. The first-order valence-electron chi connectivity index (χ1n) is 3.77. The van der Waals surface area contributed by atoms with Gasteiger partial charge in [-0.3, -0.25) is 4.55 Å². The quantitative estimate of drug-likeness (QED) is 0.674. The first-order chi connectivity index (χ1) is 5.47. The molecule has 1 aliphatic rings. The van der Waals surface area contributed by atoms with E-state index >= 15 is 0 Å². The lowest BCUT2D eigenvalue weighted by molar-refractivity contribution is 0.106. The Labute approximate surface area is 70.7 Å². The van der Waals surface area contributed by atoms with Crippen LogP contribution in [0.4, 0.5) is 4.39 Å². The molecule has 1 N–H and O–H groups in total. The van der Waals surface area contributed by atoms with Crippen molar-refractivity contribution in [3.63, 3.8) is 0 Å². The Morgan fingerprint density at radius 2 is 1.75 bits per heavy atom. The third-order valence-electron chi connectivity index (χ3n) is 1.86. The predicted octanol–water partition coefficient (Wildman–Crippen LogP) is 1.09. The van der Waals surface area contributed by atoms with Crippen LogP contribution in [0.5, 0.6) is 0 Å². The summed E-state index contributed by atoms with van der Waals surface area (Å²) in [6, 6.07) is 0. The van der Waals surface area contributed by atoms with Crippen molar-refractivity contribution in [2.75, 3.05) is 0 Å². The highest BCUT2D eigenvalue weighted by Gasteiger charge is 2.24. The van der Waals surface area contributed by atoms with Crippen molar-refractivity contribution in [2.45, 2.75) is 38.0 Å². The van der Waals surface area contributed by atoms with Crippen LogP contribution in [0.2, 0.25) is 0 Å². The molecule has 12 heavy (non-hydrogen) atoms. The summed E-state index contributed by atoms with van der Waals surface area (Å²) in [5, 5.41) is 0. The highest BCUT2D eigenvalue weighted by Crippen LogP contribution is 2.23. The molecule has 1 aliphatic carbocycles. The van der Waals surface area contributed by atoms with Gasteiger partial charge in [0.05, 0.1) is 6.10 Å². The van der Waals surface area contributed by atoms with E-state index in [1.54, 1.807) is 0 Å². The first kappa shape index (κ1) is 9.88. The summed E-state index contributed by atoms with van der Waals surface area (Å²) in [6.07, 6.45) is -0.0966. The minimum absolute atomic E-state index is 0.306. The second kappa shape index (κ2) is 3.68. The Morgan fingerprint density at radius 3 is 2.17 bits per heavy atom. The molecule has 0 aliphatic heterocycles. The zero-order valence-corrected chi connectivity index (χ0v) is 7.26. The number of rotatable bonds is 2. The van der Waals surface area contributed by atoms with Crippen molar-refractivity contribution < 1.29 is 21.5 Å². The smallest absolute Gasteiger partial charge is 0.264 e. The number of hydrogen-bond acceptors (Lipinski definition) is 3. The van der Waals surface area contributed by atoms with E-state index in [4.69, 9.17) is 4.55 Å². The molecular formula is C6H11FO4S. The minimum atomic E-state index is -4.36. The van der Waals surface area contributed by atoms with Gasteiger partial charge in [-0.2, -0.15) is 8.42 Å². The molecule has 0 atom stereocenters. The van der Waals surface area contributed by atoms with Crippen LogP contribution in [0.3, 0.4) is 0 Å². The molecule has 0 unspecified atom stereocenters. The number of halogens is 1. The van der Waals surface area contributed by atoms with E-state index in [1.807, 2.05) is 0 Å². The Hall–Kier alpha value is -0.200. The molecule has 0 radical (unpaired) electrons. The van der Waals surface area contributed by atoms with Crippen molar-refractivity contribution in [1.29, 1.82) is 0 Å². The van der Waals surface area contributed by atoms with Crippen molar-refractivity contribution >= 4 is 10.4 Å². The summed E-state index contributed by atoms with van der Waals surface area (Å²) in [5.74, 6) is 0. The summed E-state index contributed by atoms with van der Waals surface area (Å²) in [5.41, 5.74) is 0. The molecule has 0 amide bonds. The average molecular weight is 198 g/mol. The summed E-state index contributed by atoms with van der Waals surface area (Å²) in [4.78, 5) is 0. The van der Waals surface area contributed by atoms with Crippen LogP contribution in [0.1, 0.15) is 25.7 Å². The van der Waals surface area contributed by atoms with Crippen LogP contribution in [-0.2, 0) is 14.6 Å². The summed E-state index contributed by atoms with van der Waals surface area (Å²) >= 11 is 0. The van der Waals surface area contributed by atoms with Gasteiger partial charge < -0.3 is 0 Å². The fourth-order valence-corrected chi connectivity index (χ4v) is 1.83. The molecule has 1 rings (SSSR count). The standard InChI is InChI=1S/C6H11FO4S/c7-5-1-3-6(4-2-5)11-12(8,9)10/h5-6H,1-4H2,(H,8,9,10). The average Bonchev–Trinajstić information content (AvgIpc) is 1.91.